The first-order chi connectivity index (χ1) is 14.7. The van der Waals surface area contributed by atoms with E-state index in [0.717, 1.165) is 25.7 Å². The molecule has 0 aromatic rings. The molecule has 2 saturated heterocycles. The summed E-state index contributed by atoms with van der Waals surface area (Å²) in [7, 11) is 0. The Balaban J connectivity index is 1.58. The topological polar surface area (TPSA) is 83.6 Å². The molecule has 0 amide bonds. The minimum absolute atomic E-state index is 0.0244. The number of carbonyl (C=O) groups is 2. The normalized spacial score (nSPS) is 49.8. The first-order valence-corrected chi connectivity index (χ1v) is 11.6. The quantitative estimate of drug-likeness (QED) is 0.496. The lowest BCUT2D eigenvalue weighted by molar-refractivity contribution is -0.253. The number of carbonyl (C=O) groups excluding carboxylic acids is 2. The number of rotatable bonds is 4. The standard InChI is InChI=1S/C24H34O7/c1-14-10-20(30-16(3)26)24(13-28-15(2)25)18(6-5-8-23(24)12-29-23)22(14,4)19-11-17-7-9-27-21(17)31-19/h7,9,14,17-21H,5-6,8,10-13H2,1-4H3/t14-,17+,18+,19-,20-,21-,22-,23-,24-/m0/s1. The van der Waals surface area contributed by atoms with Crippen LogP contribution in [0.1, 0.15) is 59.8 Å². The molecule has 0 aromatic heterocycles. The SMILES string of the molecule is CC(=O)OC[C@@]12[C@@H](OC(C)=O)C[C@H](C)[C@](C)([C@@H]3C[C@H]4C=CO[C@H]4O3)[C@H]1CCC[C@]21CO1. The van der Waals surface area contributed by atoms with Gasteiger partial charge in [0, 0.05) is 25.2 Å². The van der Waals surface area contributed by atoms with E-state index in [-0.39, 0.29) is 60.2 Å². The smallest absolute Gasteiger partial charge is 0.302 e. The van der Waals surface area contributed by atoms with Crippen molar-refractivity contribution in [3.05, 3.63) is 12.3 Å². The fourth-order valence-corrected chi connectivity index (χ4v) is 7.46. The Morgan fingerprint density at radius 1 is 1.19 bits per heavy atom. The van der Waals surface area contributed by atoms with Crippen LogP contribution in [0.25, 0.3) is 0 Å². The van der Waals surface area contributed by atoms with Gasteiger partial charge in [-0.25, -0.2) is 0 Å². The highest BCUT2D eigenvalue weighted by molar-refractivity contribution is 5.67. The van der Waals surface area contributed by atoms with Crippen molar-refractivity contribution in [3.63, 3.8) is 0 Å². The maximum atomic E-state index is 12.1. The lowest BCUT2D eigenvalue weighted by atomic mass is 9.42. The Hall–Kier alpha value is -1.60. The third kappa shape index (κ3) is 2.99. The fourth-order valence-electron chi connectivity index (χ4n) is 7.46. The van der Waals surface area contributed by atoms with E-state index in [0.29, 0.717) is 13.0 Å². The summed E-state index contributed by atoms with van der Waals surface area (Å²) in [6.07, 6.45) is 7.82. The molecule has 3 heterocycles. The molecule has 1 spiro atoms. The van der Waals surface area contributed by atoms with E-state index in [1.54, 1.807) is 6.26 Å². The van der Waals surface area contributed by atoms with Crippen LogP contribution in [-0.4, -0.2) is 49.3 Å². The molecule has 0 radical (unpaired) electrons. The predicted molar refractivity (Wildman–Crippen MR) is 110 cm³/mol. The Kier molecular flexibility index (Phi) is 4.94. The number of ether oxygens (including phenoxy) is 5. The molecule has 0 unspecified atom stereocenters. The summed E-state index contributed by atoms with van der Waals surface area (Å²) in [6, 6.07) is 0. The van der Waals surface area contributed by atoms with E-state index in [2.05, 4.69) is 19.9 Å². The molecule has 172 valence electrons. The first kappa shape index (κ1) is 21.3. The number of esters is 2. The molecule has 5 aliphatic rings. The Morgan fingerprint density at radius 2 is 1.97 bits per heavy atom. The van der Waals surface area contributed by atoms with Crippen LogP contribution in [0.5, 0.6) is 0 Å². The van der Waals surface area contributed by atoms with Crippen molar-refractivity contribution in [3.8, 4) is 0 Å². The van der Waals surface area contributed by atoms with Gasteiger partial charge in [0.25, 0.3) is 0 Å². The lowest BCUT2D eigenvalue weighted by Crippen LogP contribution is -2.69. The molecule has 31 heavy (non-hydrogen) atoms. The highest BCUT2D eigenvalue weighted by atomic mass is 16.7. The van der Waals surface area contributed by atoms with Gasteiger partial charge in [-0.15, -0.1) is 0 Å². The number of fused-ring (bicyclic) bond motifs is 3. The second-order valence-electron chi connectivity index (χ2n) is 10.5. The van der Waals surface area contributed by atoms with Crippen LogP contribution in [0, 0.1) is 28.6 Å². The molecule has 7 heteroatoms. The summed E-state index contributed by atoms with van der Waals surface area (Å²) in [5.74, 6) is 0.0539. The molecule has 5 rings (SSSR count). The van der Waals surface area contributed by atoms with Gasteiger partial charge in [0.2, 0.25) is 6.29 Å². The zero-order valence-corrected chi connectivity index (χ0v) is 18.9. The zero-order chi connectivity index (χ0) is 22.0. The van der Waals surface area contributed by atoms with Crippen LogP contribution < -0.4 is 0 Å². The van der Waals surface area contributed by atoms with Crippen LogP contribution in [0.2, 0.25) is 0 Å². The molecule has 9 atom stereocenters. The van der Waals surface area contributed by atoms with Crippen molar-refractivity contribution < 1.29 is 33.3 Å². The molecule has 4 fully saturated rings. The van der Waals surface area contributed by atoms with Gasteiger partial charge in [-0.1, -0.05) is 20.3 Å². The molecule has 0 bridgehead atoms. The van der Waals surface area contributed by atoms with Crippen molar-refractivity contribution in [2.24, 2.45) is 28.6 Å². The number of hydrogen-bond acceptors (Lipinski definition) is 7. The van der Waals surface area contributed by atoms with Crippen LogP contribution in [0.3, 0.4) is 0 Å². The van der Waals surface area contributed by atoms with Crippen molar-refractivity contribution in [2.45, 2.75) is 83.9 Å². The largest absolute Gasteiger partial charge is 0.472 e. The van der Waals surface area contributed by atoms with Gasteiger partial charge in [0.05, 0.1) is 24.4 Å². The maximum absolute atomic E-state index is 12.1. The van der Waals surface area contributed by atoms with Crippen molar-refractivity contribution in [2.75, 3.05) is 13.2 Å². The maximum Gasteiger partial charge on any atom is 0.302 e. The summed E-state index contributed by atoms with van der Waals surface area (Å²) in [6.45, 7) is 8.30. The third-order valence-corrected chi connectivity index (χ3v) is 9.18. The second-order valence-corrected chi connectivity index (χ2v) is 10.5. The molecular formula is C24H34O7. The minimum Gasteiger partial charge on any atom is -0.472 e. The summed E-state index contributed by atoms with van der Waals surface area (Å²) < 4.78 is 30.0. The van der Waals surface area contributed by atoms with E-state index in [9.17, 15) is 9.59 Å². The summed E-state index contributed by atoms with van der Waals surface area (Å²) >= 11 is 0. The van der Waals surface area contributed by atoms with E-state index in [4.69, 9.17) is 23.7 Å². The van der Waals surface area contributed by atoms with Gasteiger partial charge < -0.3 is 23.7 Å². The zero-order valence-electron chi connectivity index (χ0n) is 18.9. The van der Waals surface area contributed by atoms with Gasteiger partial charge in [-0.3, -0.25) is 9.59 Å². The van der Waals surface area contributed by atoms with Crippen LogP contribution in [0.15, 0.2) is 12.3 Å². The van der Waals surface area contributed by atoms with Crippen LogP contribution in [-0.2, 0) is 33.3 Å². The van der Waals surface area contributed by atoms with Crippen molar-refractivity contribution in [1.82, 2.24) is 0 Å². The minimum atomic E-state index is -0.568. The number of hydrogen-bond donors (Lipinski definition) is 0. The van der Waals surface area contributed by atoms with Crippen molar-refractivity contribution in [1.29, 1.82) is 0 Å². The Morgan fingerprint density at radius 3 is 2.61 bits per heavy atom. The number of epoxide rings is 1. The van der Waals surface area contributed by atoms with E-state index in [1.165, 1.54) is 13.8 Å². The molecule has 0 N–H and O–H groups in total. The summed E-state index contributed by atoms with van der Waals surface area (Å²) in [5, 5.41) is 0. The van der Waals surface area contributed by atoms with Gasteiger partial charge in [0.15, 0.2) is 0 Å². The second kappa shape index (κ2) is 7.20. The van der Waals surface area contributed by atoms with Gasteiger partial charge in [0.1, 0.15) is 18.3 Å². The van der Waals surface area contributed by atoms with E-state index in [1.807, 2.05) is 0 Å². The fraction of sp³-hybridized carbons (Fsp3) is 0.833. The first-order valence-electron chi connectivity index (χ1n) is 11.6. The summed E-state index contributed by atoms with van der Waals surface area (Å²) in [5.41, 5.74) is -1.16. The summed E-state index contributed by atoms with van der Waals surface area (Å²) in [4.78, 5) is 24.0. The van der Waals surface area contributed by atoms with Crippen molar-refractivity contribution >= 4 is 11.9 Å². The average Bonchev–Trinajstić information content (AvgIpc) is 3.15. The van der Waals surface area contributed by atoms with Gasteiger partial charge in [-0.05, 0) is 43.6 Å². The van der Waals surface area contributed by atoms with Gasteiger partial charge in [-0.2, -0.15) is 0 Å². The lowest BCUT2D eigenvalue weighted by Gasteiger charge is -2.64. The molecule has 2 saturated carbocycles. The third-order valence-electron chi connectivity index (χ3n) is 9.18. The average molecular weight is 435 g/mol. The molecule has 0 aromatic carbocycles. The molecular weight excluding hydrogens is 400 g/mol. The highest BCUT2D eigenvalue weighted by Gasteiger charge is 2.76. The Labute approximate surface area is 183 Å². The van der Waals surface area contributed by atoms with Crippen LogP contribution >= 0.6 is 0 Å². The molecule has 7 nitrogen and oxygen atoms in total. The highest BCUT2D eigenvalue weighted by Crippen LogP contribution is 2.70. The van der Waals surface area contributed by atoms with Gasteiger partial charge >= 0.3 is 11.9 Å². The molecule has 3 aliphatic heterocycles. The monoisotopic (exact) mass is 434 g/mol. The predicted octanol–water partition coefficient (Wildman–Crippen LogP) is 3.36. The molecule has 2 aliphatic carbocycles. The van der Waals surface area contributed by atoms with E-state index >= 15 is 0 Å². The Bertz CT molecular complexity index is 789. The van der Waals surface area contributed by atoms with Crippen LogP contribution in [0.4, 0.5) is 0 Å². The van der Waals surface area contributed by atoms with E-state index < -0.39 is 11.0 Å².